The molecule has 1 aliphatic carbocycles. The topological polar surface area (TPSA) is 55.4 Å². The lowest BCUT2D eigenvalue weighted by molar-refractivity contribution is -0.157. The minimum Gasteiger partial charge on any atom is -0.452 e. The molecule has 0 unspecified atom stereocenters. The quantitative estimate of drug-likeness (QED) is 0.676. The molecule has 1 aliphatic rings. The molecule has 1 N–H and O–H groups in total. The van der Waals surface area contributed by atoms with E-state index in [9.17, 15) is 9.59 Å². The summed E-state index contributed by atoms with van der Waals surface area (Å²) < 4.78 is 5.28. The molecule has 0 saturated carbocycles. The van der Waals surface area contributed by atoms with Crippen molar-refractivity contribution in [3.8, 4) is 0 Å². The molecular formula is C17H20ClNO3. The molecule has 0 aromatic heterocycles. The second-order valence-corrected chi connectivity index (χ2v) is 5.87. The third-order valence-corrected chi connectivity index (χ3v) is 4.20. The van der Waals surface area contributed by atoms with E-state index in [-0.39, 0.29) is 17.8 Å². The van der Waals surface area contributed by atoms with E-state index in [1.54, 1.807) is 25.1 Å². The van der Waals surface area contributed by atoms with Gasteiger partial charge in [0.25, 0.3) is 5.91 Å². The minimum atomic E-state index is -0.836. The Bertz CT molecular complexity index is 598. The van der Waals surface area contributed by atoms with Crippen molar-refractivity contribution < 1.29 is 14.3 Å². The minimum absolute atomic E-state index is 0.145. The Morgan fingerprint density at radius 3 is 2.82 bits per heavy atom. The fourth-order valence-electron chi connectivity index (χ4n) is 2.31. The molecule has 2 atom stereocenters. The summed E-state index contributed by atoms with van der Waals surface area (Å²) in [6.07, 6.45) is 5.54. The zero-order valence-electron chi connectivity index (χ0n) is 12.8. The van der Waals surface area contributed by atoms with Gasteiger partial charge in [-0.2, -0.15) is 0 Å². The van der Waals surface area contributed by atoms with Crippen LogP contribution in [0.15, 0.2) is 30.4 Å². The highest BCUT2D eigenvalue weighted by molar-refractivity contribution is 6.31. The van der Waals surface area contributed by atoms with Crippen LogP contribution in [0.2, 0.25) is 5.02 Å². The Morgan fingerprint density at radius 2 is 2.14 bits per heavy atom. The van der Waals surface area contributed by atoms with E-state index in [4.69, 9.17) is 16.3 Å². The average Bonchev–Trinajstić information content (AvgIpc) is 2.52. The van der Waals surface area contributed by atoms with Gasteiger partial charge in [0.2, 0.25) is 0 Å². The van der Waals surface area contributed by atoms with Gasteiger partial charge in [-0.3, -0.25) is 9.59 Å². The number of esters is 1. The summed E-state index contributed by atoms with van der Waals surface area (Å²) in [5.41, 5.74) is 1.41. The van der Waals surface area contributed by atoms with Crippen molar-refractivity contribution >= 4 is 29.2 Å². The zero-order chi connectivity index (χ0) is 16.1. The van der Waals surface area contributed by atoms with Crippen LogP contribution >= 0.6 is 11.6 Å². The number of anilines is 1. The van der Waals surface area contributed by atoms with Crippen LogP contribution < -0.4 is 5.32 Å². The van der Waals surface area contributed by atoms with Crippen LogP contribution in [0.1, 0.15) is 31.7 Å². The summed E-state index contributed by atoms with van der Waals surface area (Å²) in [4.78, 5) is 24.2. The molecule has 22 heavy (non-hydrogen) atoms. The Hall–Kier alpha value is -1.81. The SMILES string of the molecule is Cc1c(Cl)cccc1NC(=O)[C@H](C)OC(=O)[C@H]1CC=CCC1. The van der Waals surface area contributed by atoms with Crippen LogP contribution in [0, 0.1) is 12.8 Å². The Labute approximate surface area is 135 Å². The normalized spacial score (nSPS) is 18.6. The number of hydrogen-bond donors (Lipinski definition) is 1. The first-order valence-corrected chi connectivity index (χ1v) is 7.78. The summed E-state index contributed by atoms with van der Waals surface area (Å²) >= 11 is 6.02. The van der Waals surface area contributed by atoms with Crippen LogP contribution in [0.5, 0.6) is 0 Å². The van der Waals surface area contributed by atoms with Crippen molar-refractivity contribution in [3.05, 3.63) is 40.9 Å². The zero-order valence-corrected chi connectivity index (χ0v) is 13.5. The number of allylic oxidation sites excluding steroid dienone is 2. The van der Waals surface area contributed by atoms with Gasteiger partial charge in [0.05, 0.1) is 5.92 Å². The lowest BCUT2D eigenvalue weighted by Gasteiger charge is -2.20. The number of carbonyl (C=O) groups is 2. The third kappa shape index (κ3) is 4.10. The first-order chi connectivity index (χ1) is 10.5. The van der Waals surface area contributed by atoms with Crippen molar-refractivity contribution in [1.29, 1.82) is 0 Å². The maximum Gasteiger partial charge on any atom is 0.310 e. The molecule has 0 heterocycles. The summed E-state index contributed by atoms with van der Waals surface area (Å²) in [6.45, 7) is 3.40. The fraction of sp³-hybridized carbons (Fsp3) is 0.412. The first-order valence-electron chi connectivity index (χ1n) is 7.40. The van der Waals surface area contributed by atoms with Crippen molar-refractivity contribution in [2.45, 2.75) is 39.2 Å². The number of nitrogens with one attached hydrogen (secondary N) is 1. The van der Waals surface area contributed by atoms with Crippen LogP contribution in [-0.4, -0.2) is 18.0 Å². The molecule has 0 fully saturated rings. The molecule has 0 saturated heterocycles. The predicted molar refractivity (Wildman–Crippen MR) is 86.9 cm³/mol. The number of halogens is 1. The largest absolute Gasteiger partial charge is 0.452 e. The lowest BCUT2D eigenvalue weighted by atomic mass is 9.95. The number of benzene rings is 1. The van der Waals surface area contributed by atoms with Crippen molar-refractivity contribution in [2.24, 2.45) is 5.92 Å². The highest BCUT2D eigenvalue weighted by Gasteiger charge is 2.25. The molecule has 0 aliphatic heterocycles. The molecule has 5 heteroatoms. The second kappa shape index (κ2) is 7.45. The first kappa shape index (κ1) is 16.6. The highest BCUT2D eigenvalue weighted by Crippen LogP contribution is 2.24. The van der Waals surface area contributed by atoms with Gasteiger partial charge in [-0.25, -0.2) is 0 Å². The van der Waals surface area contributed by atoms with E-state index in [0.717, 1.165) is 18.4 Å². The van der Waals surface area contributed by atoms with Gasteiger partial charge < -0.3 is 10.1 Å². The number of rotatable bonds is 4. The standard InChI is InChI=1S/C17H20ClNO3/c1-11-14(18)9-6-10-15(11)19-16(20)12(2)22-17(21)13-7-4-3-5-8-13/h3-4,6,9-10,12-13H,5,7-8H2,1-2H3,(H,19,20)/t12-,13-/m0/s1. The fourth-order valence-corrected chi connectivity index (χ4v) is 2.48. The van der Waals surface area contributed by atoms with E-state index in [1.807, 2.05) is 13.0 Å². The van der Waals surface area contributed by atoms with Crippen molar-refractivity contribution in [1.82, 2.24) is 0 Å². The van der Waals surface area contributed by atoms with Crippen LogP contribution in [0.25, 0.3) is 0 Å². The molecular weight excluding hydrogens is 302 g/mol. The Kier molecular flexibility index (Phi) is 5.61. The number of amides is 1. The van der Waals surface area contributed by atoms with Gasteiger partial charge in [-0.15, -0.1) is 0 Å². The van der Waals surface area contributed by atoms with Crippen LogP contribution in [0.3, 0.4) is 0 Å². The molecule has 1 aromatic carbocycles. The molecule has 2 rings (SSSR count). The van der Waals surface area contributed by atoms with Crippen LogP contribution in [0.4, 0.5) is 5.69 Å². The number of hydrogen-bond acceptors (Lipinski definition) is 3. The molecule has 1 amide bonds. The van der Waals surface area contributed by atoms with Gasteiger partial charge in [-0.05, 0) is 50.8 Å². The summed E-state index contributed by atoms with van der Waals surface area (Å²) in [5, 5.41) is 3.32. The number of carbonyl (C=O) groups excluding carboxylic acids is 2. The molecule has 0 radical (unpaired) electrons. The third-order valence-electron chi connectivity index (χ3n) is 3.79. The van der Waals surface area contributed by atoms with E-state index in [1.165, 1.54) is 0 Å². The Morgan fingerprint density at radius 1 is 1.36 bits per heavy atom. The molecule has 1 aromatic rings. The van der Waals surface area contributed by atoms with E-state index in [0.29, 0.717) is 17.1 Å². The monoisotopic (exact) mass is 321 g/mol. The van der Waals surface area contributed by atoms with Gasteiger partial charge in [0, 0.05) is 10.7 Å². The molecule has 0 spiro atoms. The van der Waals surface area contributed by atoms with E-state index >= 15 is 0 Å². The summed E-state index contributed by atoms with van der Waals surface area (Å²) in [7, 11) is 0. The van der Waals surface area contributed by atoms with Gasteiger partial charge in [0.1, 0.15) is 0 Å². The number of ether oxygens (including phenoxy) is 1. The Balaban J connectivity index is 1.93. The van der Waals surface area contributed by atoms with Crippen molar-refractivity contribution in [2.75, 3.05) is 5.32 Å². The lowest BCUT2D eigenvalue weighted by Crippen LogP contribution is -2.32. The van der Waals surface area contributed by atoms with Gasteiger partial charge >= 0.3 is 5.97 Å². The molecule has 118 valence electrons. The van der Waals surface area contributed by atoms with Crippen molar-refractivity contribution in [3.63, 3.8) is 0 Å². The second-order valence-electron chi connectivity index (χ2n) is 5.46. The maximum atomic E-state index is 12.1. The van der Waals surface area contributed by atoms with Gasteiger partial charge in [0.15, 0.2) is 6.10 Å². The van der Waals surface area contributed by atoms with Crippen LogP contribution in [-0.2, 0) is 14.3 Å². The summed E-state index contributed by atoms with van der Waals surface area (Å²) in [6, 6.07) is 5.28. The maximum absolute atomic E-state index is 12.1. The molecule has 0 bridgehead atoms. The average molecular weight is 322 g/mol. The van der Waals surface area contributed by atoms with E-state index in [2.05, 4.69) is 11.4 Å². The summed E-state index contributed by atoms with van der Waals surface area (Å²) in [5.74, 6) is -0.812. The smallest absolute Gasteiger partial charge is 0.310 e. The van der Waals surface area contributed by atoms with E-state index < -0.39 is 6.10 Å². The highest BCUT2D eigenvalue weighted by atomic mass is 35.5. The van der Waals surface area contributed by atoms with Gasteiger partial charge in [-0.1, -0.05) is 29.8 Å². The predicted octanol–water partition coefficient (Wildman–Crippen LogP) is 3.87. The molecule has 4 nitrogen and oxygen atoms in total.